The molecule has 2 unspecified atom stereocenters. The molecule has 17 heavy (non-hydrogen) atoms. The molecule has 2 nitrogen and oxygen atoms in total. The van der Waals surface area contributed by atoms with Gasteiger partial charge in [0.15, 0.2) is 5.78 Å². The summed E-state index contributed by atoms with van der Waals surface area (Å²) in [5, 5.41) is 0. The van der Waals surface area contributed by atoms with Crippen molar-refractivity contribution in [2.45, 2.75) is 26.3 Å². The first-order valence-corrected chi connectivity index (χ1v) is 6.13. The van der Waals surface area contributed by atoms with E-state index in [1.165, 1.54) is 16.7 Å². The van der Waals surface area contributed by atoms with Gasteiger partial charge in [-0.2, -0.15) is 0 Å². The molecule has 3 rings (SSSR count). The topological polar surface area (TPSA) is 20.3 Å². The quantitative estimate of drug-likeness (QED) is 0.679. The van der Waals surface area contributed by atoms with E-state index < -0.39 is 0 Å². The number of Topliss-reactive ketones (excluding diaryl/α,β-unsaturated/α-hetero) is 1. The summed E-state index contributed by atoms with van der Waals surface area (Å²) in [5.74, 6) is 0.410. The second-order valence-electron chi connectivity index (χ2n) is 5.30. The van der Waals surface area contributed by atoms with Crippen molar-refractivity contribution in [3.8, 4) is 0 Å². The highest BCUT2D eigenvalue weighted by Crippen LogP contribution is 2.43. The van der Waals surface area contributed by atoms with Crippen molar-refractivity contribution in [2.24, 2.45) is 5.92 Å². The van der Waals surface area contributed by atoms with E-state index in [2.05, 4.69) is 37.2 Å². The van der Waals surface area contributed by atoms with E-state index in [-0.39, 0.29) is 5.92 Å². The van der Waals surface area contributed by atoms with Gasteiger partial charge in [-0.25, -0.2) is 0 Å². The zero-order valence-electron chi connectivity index (χ0n) is 10.5. The van der Waals surface area contributed by atoms with Gasteiger partial charge in [0.05, 0.1) is 6.04 Å². The highest BCUT2D eigenvalue weighted by Gasteiger charge is 2.38. The highest BCUT2D eigenvalue weighted by molar-refractivity contribution is 6.02. The first-order chi connectivity index (χ1) is 8.08. The first kappa shape index (κ1) is 10.6. The third kappa shape index (κ3) is 1.43. The smallest absolute Gasteiger partial charge is 0.170 e. The minimum absolute atomic E-state index is 0.102. The molecule has 1 aliphatic carbocycles. The number of benzene rings is 1. The average molecular weight is 227 g/mol. The fraction of sp³-hybridized carbons (Fsp3) is 0.400. The molecule has 0 aromatic heterocycles. The number of hydrogen-bond donors (Lipinski definition) is 0. The van der Waals surface area contributed by atoms with Crippen molar-refractivity contribution < 1.29 is 4.79 Å². The van der Waals surface area contributed by atoms with Gasteiger partial charge in [0, 0.05) is 18.5 Å². The van der Waals surface area contributed by atoms with Gasteiger partial charge in [-0.05, 0) is 43.7 Å². The molecular formula is C15H17NO. The predicted octanol–water partition coefficient (Wildman–Crippen LogP) is 3.09. The van der Waals surface area contributed by atoms with E-state index in [1.54, 1.807) is 0 Å². The lowest BCUT2D eigenvalue weighted by atomic mass is 9.74. The Morgan fingerprint density at radius 1 is 1.29 bits per heavy atom. The number of aryl methyl sites for hydroxylation is 1. The van der Waals surface area contributed by atoms with Gasteiger partial charge in [-0.3, -0.25) is 4.79 Å². The Balaban J connectivity index is 2.20. The maximum atomic E-state index is 12.4. The standard InChI is InChI=1S/C15H17NO/c1-9-4-5-11-13(6-9)15(17)12-7-14(11)16(3)8-10(12)2/h4-6,8,12,14H,7H2,1-3H3. The molecule has 0 saturated carbocycles. The van der Waals surface area contributed by atoms with Crippen LogP contribution >= 0.6 is 0 Å². The van der Waals surface area contributed by atoms with Crippen molar-refractivity contribution in [3.63, 3.8) is 0 Å². The first-order valence-electron chi connectivity index (χ1n) is 6.13. The number of hydrogen-bond acceptors (Lipinski definition) is 2. The van der Waals surface area contributed by atoms with Gasteiger partial charge in [-0.1, -0.05) is 17.7 Å². The molecule has 2 heteroatoms. The summed E-state index contributed by atoms with van der Waals surface area (Å²) in [6.45, 7) is 4.11. The number of fused-ring (bicyclic) bond motifs is 4. The molecule has 1 aliphatic heterocycles. The number of rotatable bonds is 0. The van der Waals surface area contributed by atoms with Crippen molar-refractivity contribution >= 4 is 5.78 Å². The Hall–Kier alpha value is -1.57. The fourth-order valence-electron chi connectivity index (χ4n) is 3.10. The average Bonchev–Trinajstić information content (AvgIpc) is 2.29. The summed E-state index contributed by atoms with van der Waals surface area (Å²) in [5.41, 5.74) is 4.50. The Morgan fingerprint density at radius 2 is 2.06 bits per heavy atom. The van der Waals surface area contributed by atoms with Gasteiger partial charge in [0.1, 0.15) is 0 Å². The molecule has 1 heterocycles. The highest BCUT2D eigenvalue weighted by atomic mass is 16.1. The van der Waals surface area contributed by atoms with Crippen LogP contribution in [0.3, 0.4) is 0 Å². The monoisotopic (exact) mass is 227 g/mol. The lowest BCUT2D eigenvalue weighted by Gasteiger charge is -2.40. The number of allylic oxidation sites excluding steroid dienone is 1. The van der Waals surface area contributed by atoms with Gasteiger partial charge < -0.3 is 4.90 Å². The molecule has 2 aliphatic rings. The van der Waals surface area contributed by atoms with Crippen LogP contribution < -0.4 is 0 Å². The Kier molecular flexibility index (Phi) is 2.15. The van der Waals surface area contributed by atoms with Crippen LogP contribution in [0.1, 0.15) is 40.9 Å². The van der Waals surface area contributed by atoms with Crippen LogP contribution in [0.4, 0.5) is 0 Å². The van der Waals surface area contributed by atoms with Crippen LogP contribution in [0.2, 0.25) is 0 Å². The Morgan fingerprint density at radius 3 is 2.82 bits per heavy atom. The zero-order chi connectivity index (χ0) is 12.2. The van der Waals surface area contributed by atoms with Gasteiger partial charge in [0.2, 0.25) is 0 Å². The molecule has 88 valence electrons. The van der Waals surface area contributed by atoms with Crippen LogP contribution in [0, 0.1) is 12.8 Å². The van der Waals surface area contributed by atoms with Crippen molar-refractivity contribution in [2.75, 3.05) is 7.05 Å². The number of nitrogens with zero attached hydrogens (tertiary/aromatic N) is 1. The largest absolute Gasteiger partial charge is 0.373 e. The lowest BCUT2D eigenvalue weighted by molar-refractivity contribution is 0.0875. The molecule has 0 N–H and O–H groups in total. The van der Waals surface area contributed by atoms with Gasteiger partial charge >= 0.3 is 0 Å². The summed E-state index contributed by atoms with van der Waals surface area (Å²) in [6, 6.07) is 6.64. The van der Waals surface area contributed by atoms with Crippen molar-refractivity contribution in [1.29, 1.82) is 0 Å². The van der Waals surface area contributed by atoms with Crippen molar-refractivity contribution in [3.05, 3.63) is 46.7 Å². The SMILES string of the molecule is CC1=CN(C)C2CC1C(=O)c1cc(C)ccc12. The molecule has 0 saturated heterocycles. The van der Waals surface area contributed by atoms with E-state index in [0.29, 0.717) is 11.8 Å². The molecule has 1 aromatic carbocycles. The van der Waals surface area contributed by atoms with Crippen LogP contribution in [-0.2, 0) is 0 Å². The molecular weight excluding hydrogens is 210 g/mol. The maximum Gasteiger partial charge on any atom is 0.170 e. The summed E-state index contributed by atoms with van der Waals surface area (Å²) in [7, 11) is 2.10. The molecule has 0 fully saturated rings. The van der Waals surface area contributed by atoms with E-state index >= 15 is 0 Å². The summed E-state index contributed by atoms with van der Waals surface area (Å²) >= 11 is 0. The normalized spacial score (nSPS) is 26.6. The van der Waals surface area contributed by atoms with E-state index in [1.807, 2.05) is 13.0 Å². The molecule has 0 amide bonds. The second-order valence-corrected chi connectivity index (χ2v) is 5.30. The van der Waals surface area contributed by atoms with Gasteiger partial charge in [0.25, 0.3) is 0 Å². The summed E-state index contributed by atoms with van der Waals surface area (Å²) in [6.07, 6.45) is 3.06. The Bertz CT molecular complexity index is 530. The third-order valence-corrected chi connectivity index (χ3v) is 4.06. The summed E-state index contributed by atoms with van der Waals surface area (Å²) < 4.78 is 0. The minimum atomic E-state index is 0.102. The molecule has 0 radical (unpaired) electrons. The predicted molar refractivity (Wildman–Crippen MR) is 67.9 cm³/mol. The molecule has 2 bridgehead atoms. The number of carbonyl (C=O) groups excluding carboxylic acids is 1. The van der Waals surface area contributed by atoms with Crippen LogP contribution in [-0.4, -0.2) is 17.7 Å². The second kappa shape index (κ2) is 3.46. The number of carbonyl (C=O) groups is 1. The lowest BCUT2D eigenvalue weighted by Crippen LogP contribution is -2.37. The molecule has 1 aromatic rings. The zero-order valence-corrected chi connectivity index (χ0v) is 10.5. The van der Waals surface area contributed by atoms with E-state index in [9.17, 15) is 4.79 Å². The molecule has 2 atom stereocenters. The van der Waals surface area contributed by atoms with E-state index in [4.69, 9.17) is 0 Å². The minimum Gasteiger partial charge on any atom is -0.373 e. The van der Waals surface area contributed by atoms with E-state index in [0.717, 1.165) is 12.0 Å². The molecule has 0 spiro atoms. The van der Waals surface area contributed by atoms with Crippen LogP contribution in [0.25, 0.3) is 0 Å². The van der Waals surface area contributed by atoms with Gasteiger partial charge in [-0.15, -0.1) is 0 Å². The van der Waals surface area contributed by atoms with Crippen molar-refractivity contribution in [1.82, 2.24) is 4.90 Å². The van der Waals surface area contributed by atoms with Crippen LogP contribution in [0.15, 0.2) is 30.0 Å². The number of ketones is 1. The fourth-order valence-corrected chi connectivity index (χ4v) is 3.10. The summed E-state index contributed by atoms with van der Waals surface area (Å²) in [4.78, 5) is 14.7. The Labute approximate surface area is 102 Å². The third-order valence-electron chi connectivity index (χ3n) is 4.06. The maximum absolute atomic E-state index is 12.4. The van der Waals surface area contributed by atoms with Crippen LogP contribution in [0.5, 0.6) is 0 Å².